The number of hydrogen-bond acceptors (Lipinski definition) is 4. The first kappa shape index (κ1) is 18.6. The van der Waals surface area contributed by atoms with Crippen molar-refractivity contribution in [3.05, 3.63) is 59.7 Å². The van der Waals surface area contributed by atoms with E-state index in [1.807, 2.05) is 6.07 Å². The van der Waals surface area contributed by atoms with Gasteiger partial charge in [-0.15, -0.1) is 0 Å². The van der Waals surface area contributed by atoms with E-state index in [4.69, 9.17) is 4.74 Å². The predicted octanol–water partition coefficient (Wildman–Crippen LogP) is 1.98. The van der Waals surface area contributed by atoms with Crippen molar-refractivity contribution in [3.8, 4) is 5.75 Å². The number of rotatable bonds is 6. The molecule has 2 aromatic carbocycles. The third-order valence-electron chi connectivity index (χ3n) is 4.21. The Kier molecular flexibility index (Phi) is 5.54. The highest BCUT2D eigenvalue weighted by Gasteiger charge is 2.25. The summed E-state index contributed by atoms with van der Waals surface area (Å²) >= 11 is 0. The highest BCUT2D eigenvalue weighted by molar-refractivity contribution is 5.87. The van der Waals surface area contributed by atoms with Gasteiger partial charge in [-0.3, -0.25) is 4.79 Å². The maximum absolute atomic E-state index is 13.5. The van der Waals surface area contributed by atoms with Crippen LogP contribution >= 0.6 is 0 Å². The van der Waals surface area contributed by atoms with Crippen LogP contribution in [0.4, 0.5) is 14.5 Å². The van der Waals surface area contributed by atoms with Crippen LogP contribution in [0.5, 0.6) is 5.75 Å². The molecule has 1 heterocycles. The summed E-state index contributed by atoms with van der Waals surface area (Å²) in [6, 6.07) is 9.75. The van der Waals surface area contributed by atoms with E-state index in [1.165, 1.54) is 4.90 Å². The first-order valence-corrected chi connectivity index (χ1v) is 8.37. The van der Waals surface area contributed by atoms with Gasteiger partial charge in [0.15, 0.2) is 11.6 Å². The number of fused-ring (bicyclic) bond motifs is 1. The number of nitrogens with one attached hydrogen (secondary N) is 1. The smallest absolute Gasteiger partial charge is 0.326 e. The lowest BCUT2D eigenvalue weighted by Gasteiger charge is -2.31. The van der Waals surface area contributed by atoms with Gasteiger partial charge >= 0.3 is 5.97 Å². The average molecular weight is 376 g/mol. The van der Waals surface area contributed by atoms with Gasteiger partial charge in [0.05, 0.1) is 18.8 Å². The van der Waals surface area contributed by atoms with Gasteiger partial charge in [0, 0.05) is 18.6 Å². The molecule has 0 saturated heterocycles. The Morgan fingerprint density at radius 3 is 2.59 bits per heavy atom. The second kappa shape index (κ2) is 8.03. The van der Waals surface area contributed by atoms with Gasteiger partial charge in [-0.05, 0) is 5.56 Å². The van der Waals surface area contributed by atoms with Crippen LogP contribution < -0.4 is 15.0 Å². The number of nitrogens with zero attached hydrogens (tertiary/aromatic N) is 1. The Labute approximate surface area is 154 Å². The lowest BCUT2D eigenvalue weighted by Crippen LogP contribution is -2.48. The Bertz CT molecular complexity index is 845. The molecule has 0 saturated carbocycles. The Hall–Kier alpha value is -3.16. The Balaban J connectivity index is 1.68. The molecule has 0 aromatic heterocycles. The Morgan fingerprint density at radius 2 is 1.89 bits per heavy atom. The fourth-order valence-electron chi connectivity index (χ4n) is 2.89. The number of anilines is 1. The van der Waals surface area contributed by atoms with Crippen molar-refractivity contribution in [2.75, 3.05) is 24.6 Å². The zero-order valence-corrected chi connectivity index (χ0v) is 14.3. The lowest BCUT2D eigenvalue weighted by molar-refractivity contribution is -0.141. The summed E-state index contributed by atoms with van der Waals surface area (Å²) in [5.74, 6) is -3.61. The van der Waals surface area contributed by atoms with Crippen molar-refractivity contribution >= 4 is 17.6 Å². The molecule has 0 unspecified atom stereocenters. The molecule has 0 fully saturated rings. The van der Waals surface area contributed by atoms with Crippen LogP contribution in [0.25, 0.3) is 0 Å². The Morgan fingerprint density at radius 1 is 1.19 bits per heavy atom. The van der Waals surface area contributed by atoms with Gasteiger partial charge in [0.25, 0.3) is 0 Å². The summed E-state index contributed by atoms with van der Waals surface area (Å²) in [7, 11) is 0. The largest absolute Gasteiger partial charge is 0.489 e. The van der Waals surface area contributed by atoms with Gasteiger partial charge in [-0.2, -0.15) is 0 Å². The SMILES string of the molecule is O=C(CN1CCOc2cc(F)c(F)cc21)N[C@H](Cc1ccccc1)C(=O)O. The molecule has 0 spiro atoms. The molecule has 8 heteroatoms. The minimum atomic E-state index is -1.15. The number of carboxylic acid groups (broad SMARTS) is 1. The molecular weight excluding hydrogens is 358 g/mol. The minimum Gasteiger partial charge on any atom is -0.489 e. The van der Waals surface area contributed by atoms with Gasteiger partial charge < -0.3 is 20.1 Å². The van der Waals surface area contributed by atoms with Crippen LogP contribution in [0.2, 0.25) is 0 Å². The van der Waals surface area contributed by atoms with Crippen LogP contribution in [0.15, 0.2) is 42.5 Å². The number of carboxylic acids is 1. The van der Waals surface area contributed by atoms with Crippen LogP contribution in [0.3, 0.4) is 0 Å². The van der Waals surface area contributed by atoms with Crippen LogP contribution in [-0.4, -0.2) is 42.7 Å². The van der Waals surface area contributed by atoms with Crippen molar-refractivity contribution in [2.24, 2.45) is 0 Å². The summed E-state index contributed by atoms with van der Waals surface area (Å²) in [6.07, 6.45) is 0.140. The van der Waals surface area contributed by atoms with Crippen molar-refractivity contribution < 1.29 is 28.2 Å². The van der Waals surface area contributed by atoms with E-state index in [9.17, 15) is 23.5 Å². The average Bonchev–Trinajstić information content (AvgIpc) is 2.63. The van der Waals surface area contributed by atoms with Crippen LogP contribution in [0, 0.1) is 11.6 Å². The van der Waals surface area contributed by atoms with Gasteiger partial charge in [0.1, 0.15) is 18.4 Å². The number of hydrogen-bond donors (Lipinski definition) is 2. The third-order valence-corrected chi connectivity index (χ3v) is 4.21. The highest BCUT2D eigenvalue weighted by atomic mass is 19.2. The first-order valence-electron chi connectivity index (χ1n) is 8.37. The predicted molar refractivity (Wildman–Crippen MR) is 93.8 cm³/mol. The summed E-state index contributed by atoms with van der Waals surface area (Å²) < 4.78 is 32.2. The third kappa shape index (κ3) is 4.52. The second-order valence-electron chi connectivity index (χ2n) is 6.15. The maximum Gasteiger partial charge on any atom is 0.326 e. The second-order valence-corrected chi connectivity index (χ2v) is 6.15. The van der Waals surface area contributed by atoms with Gasteiger partial charge in [-0.25, -0.2) is 13.6 Å². The fraction of sp³-hybridized carbons (Fsp3) is 0.263. The number of carbonyl (C=O) groups is 2. The number of aliphatic carboxylic acids is 1. The van der Waals surface area contributed by atoms with Crippen molar-refractivity contribution in [1.29, 1.82) is 0 Å². The topological polar surface area (TPSA) is 78.9 Å². The molecule has 1 aliphatic rings. The van der Waals surface area contributed by atoms with E-state index >= 15 is 0 Å². The summed E-state index contributed by atoms with van der Waals surface area (Å²) in [5, 5.41) is 11.9. The van der Waals surface area contributed by atoms with Crippen molar-refractivity contribution in [3.63, 3.8) is 0 Å². The molecule has 142 valence electrons. The summed E-state index contributed by atoms with van der Waals surface area (Å²) in [4.78, 5) is 25.4. The molecule has 1 atom stereocenters. The molecule has 6 nitrogen and oxygen atoms in total. The molecule has 0 bridgehead atoms. The van der Waals surface area contributed by atoms with E-state index < -0.39 is 29.6 Å². The molecular formula is C19H18F2N2O4. The molecule has 27 heavy (non-hydrogen) atoms. The van der Waals surface area contributed by atoms with Crippen molar-refractivity contribution in [1.82, 2.24) is 5.32 Å². The van der Waals surface area contributed by atoms with E-state index in [-0.39, 0.29) is 31.0 Å². The van der Waals surface area contributed by atoms with E-state index in [0.29, 0.717) is 6.54 Å². The minimum absolute atomic E-state index is 0.140. The summed E-state index contributed by atoms with van der Waals surface area (Å²) in [6.45, 7) is 0.305. The first-order chi connectivity index (χ1) is 12.9. The normalized spacial score (nSPS) is 14.1. The molecule has 0 aliphatic carbocycles. The van der Waals surface area contributed by atoms with Gasteiger partial charge in [0.2, 0.25) is 5.91 Å². The standard InChI is InChI=1S/C19H18F2N2O4/c20-13-9-16-17(10-14(13)21)27-7-6-23(16)11-18(24)22-15(19(25)26)8-12-4-2-1-3-5-12/h1-5,9-10,15H,6-8,11H2,(H,22,24)(H,25,26)/t15-/m1/s1. The van der Waals surface area contributed by atoms with Crippen LogP contribution in [0.1, 0.15) is 5.56 Å². The number of benzene rings is 2. The molecule has 2 aromatic rings. The molecule has 1 aliphatic heterocycles. The number of carbonyl (C=O) groups excluding carboxylic acids is 1. The van der Waals surface area contributed by atoms with E-state index in [1.54, 1.807) is 24.3 Å². The van der Waals surface area contributed by atoms with E-state index in [2.05, 4.69) is 5.32 Å². The number of halogens is 2. The molecule has 3 rings (SSSR count). The quantitative estimate of drug-likeness (QED) is 0.806. The van der Waals surface area contributed by atoms with Gasteiger partial charge in [-0.1, -0.05) is 30.3 Å². The number of ether oxygens (including phenoxy) is 1. The van der Waals surface area contributed by atoms with Crippen LogP contribution in [-0.2, 0) is 16.0 Å². The number of amides is 1. The molecule has 1 amide bonds. The van der Waals surface area contributed by atoms with E-state index in [0.717, 1.165) is 17.7 Å². The zero-order chi connectivity index (χ0) is 19.4. The lowest BCUT2D eigenvalue weighted by atomic mass is 10.1. The molecule has 0 radical (unpaired) electrons. The zero-order valence-electron chi connectivity index (χ0n) is 14.3. The summed E-state index contributed by atoms with van der Waals surface area (Å²) in [5.41, 5.74) is 1.03. The molecule has 2 N–H and O–H groups in total. The monoisotopic (exact) mass is 376 g/mol. The maximum atomic E-state index is 13.5. The van der Waals surface area contributed by atoms with Crippen molar-refractivity contribution in [2.45, 2.75) is 12.5 Å². The fourth-order valence-corrected chi connectivity index (χ4v) is 2.89. The highest BCUT2D eigenvalue weighted by Crippen LogP contribution is 2.33.